The van der Waals surface area contributed by atoms with Crippen LogP contribution in [0.15, 0.2) is 23.1 Å². The van der Waals surface area contributed by atoms with Crippen LogP contribution >= 0.6 is 11.6 Å². The minimum atomic E-state index is -3.76. The number of amides is 1. The van der Waals surface area contributed by atoms with Crippen molar-refractivity contribution in [3.05, 3.63) is 28.8 Å². The maximum absolute atomic E-state index is 12.8. The Hall–Kier alpha value is -1.19. The lowest BCUT2D eigenvalue weighted by Gasteiger charge is -2.26. The van der Waals surface area contributed by atoms with E-state index in [-0.39, 0.29) is 40.0 Å². The van der Waals surface area contributed by atoms with E-state index < -0.39 is 10.0 Å². The van der Waals surface area contributed by atoms with E-state index in [1.165, 1.54) is 22.5 Å². The molecule has 0 atom stereocenters. The van der Waals surface area contributed by atoms with Crippen LogP contribution in [0.3, 0.4) is 0 Å². The summed E-state index contributed by atoms with van der Waals surface area (Å²) in [6.07, 6.45) is 0.773. The van der Waals surface area contributed by atoms with Crippen LogP contribution in [0.5, 0.6) is 0 Å². The van der Waals surface area contributed by atoms with Crippen molar-refractivity contribution in [1.82, 2.24) is 14.9 Å². The Labute approximate surface area is 166 Å². The molecule has 7 nitrogen and oxygen atoms in total. The molecule has 1 aliphatic rings. The van der Waals surface area contributed by atoms with Gasteiger partial charge in [0, 0.05) is 30.7 Å². The Morgan fingerprint density at radius 1 is 1.22 bits per heavy atom. The minimum absolute atomic E-state index is 0.0307. The number of morpholine rings is 1. The monoisotopic (exact) mass is 417 g/mol. The number of hydrogen-bond donors (Lipinski definition) is 2. The summed E-state index contributed by atoms with van der Waals surface area (Å²) in [4.78, 5) is 12.3. The Morgan fingerprint density at radius 3 is 2.52 bits per heavy atom. The van der Waals surface area contributed by atoms with Crippen molar-refractivity contribution in [2.24, 2.45) is 0 Å². The Kier molecular flexibility index (Phi) is 7.64. The molecule has 1 aromatic rings. The molecular weight excluding hydrogens is 390 g/mol. The number of sulfonamides is 1. The van der Waals surface area contributed by atoms with Crippen molar-refractivity contribution in [2.45, 2.75) is 37.6 Å². The first kappa shape index (κ1) is 22.1. The minimum Gasteiger partial charge on any atom is -0.379 e. The molecule has 1 heterocycles. The van der Waals surface area contributed by atoms with Gasteiger partial charge in [0.1, 0.15) is 4.90 Å². The average molecular weight is 418 g/mol. The molecule has 2 N–H and O–H groups in total. The third-order valence-electron chi connectivity index (χ3n) is 4.08. The largest absolute Gasteiger partial charge is 0.379 e. The summed E-state index contributed by atoms with van der Waals surface area (Å²) in [6, 6.07) is 4.32. The average Bonchev–Trinajstić information content (AvgIpc) is 2.61. The number of carbonyl (C=O) groups excluding carboxylic acids is 1. The van der Waals surface area contributed by atoms with Gasteiger partial charge in [0.15, 0.2) is 0 Å². The van der Waals surface area contributed by atoms with Crippen LogP contribution in [0.2, 0.25) is 5.02 Å². The molecule has 0 bridgehead atoms. The number of carbonyl (C=O) groups is 1. The molecule has 0 spiro atoms. The molecule has 1 amide bonds. The summed E-state index contributed by atoms with van der Waals surface area (Å²) < 4.78 is 32.2. The van der Waals surface area contributed by atoms with Gasteiger partial charge in [-0.05, 0) is 51.9 Å². The number of ether oxygens (including phenoxy) is 1. The summed E-state index contributed by atoms with van der Waals surface area (Å²) in [5, 5.41) is 6.26. The molecule has 9 heteroatoms. The second-order valence-electron chi connectivity index (χ2n) is 7.45. The highest BCUT2D eigenvalue weighted by atomic mass is 35.5. The molecule has 0 unspecified atom stereocenters. The maximum Gasteiger partial charge on any atom is 0.251 e. The van der Waals surface area contributed by atoms with Crippen molar-refractivity contribution in [3.8, 4) is 0 Å². The molecule has 27 heavy (non-hydrogen) atoms. The lowest BCUT2D eigenvalue weighted by molar-refractivity contribution is 0.0730. The van der Waals surface area contributed by atoms with Gasteiger partial charge >= 0.3 is 0 Å². The van der Waals surface area contributed by atoms with Gasteiger partial charge in [-0.15, -0.1) is 0 Å². The van der Waals surface area contributed by atoms with E-state index >= 15 is 0 Å². The Bertz CT molecular complexity index is 756. The van der Waals surface area contributed by atoms with E-state index in [0.717, 1.165) is 13.0 Å². The van der Waals surface area contributed by atoms with Gasteiger partial charge in [0.2, 0.25) is 10.0 Å². The van der Waals surface area contributed by atoms with E-state index in [1.807, 2.05) is 0 Å². The fraction of sp³-hybridized carbons (Fsp3) is 0.611. The molecule has 152 valence electrons. The fourth-order valence-corrected chi connectivity index (χ4v) is 4.53. The topological polar surface area (TPSA) is 87.7 Å². The van der Waals surface area contributed by atoms with Gasteiger partial charge in [-0.1, -0.05) is 11.6 Å². The van der Waals surface area contributed by atoms with Gasteiger partial charge in [-0.2, -0.15) is 4.31 Å². The normalized spacial score (nSPS) is 16.3. The number of rotatable bonds is 7. The molecule has 1 aromatic carbocycles. The van der Waals surface area contributed by atoms with E-state index in [1.54, 1.807) is 0 Å². The zero-order chi connectivity index (χ0) is 20.1. The molecular formula is C18H28ClN3O4S. The zero-order valence-corrected chi connectivity index (χ0v) is 17.6. The van der Waals surface area contributed by atoms with Crippen LogP contribution < -0.4 is 10.6 Å². The third kappa shape index (κ3) is 6.43. The lowest BCUT2D eigenvalue weighted by atomic mass is 10.1. The highest BCUT2D eigenvalue weighted by Crippen LogP contribution is 2.26. The van der Waals surface area contributed by atoms with E-state index in [4.69, 9.17) is 16.3 Å². The van der Waals surface area contributed by atoms with Crippen LogP contribution in [0.1, 0.15) is 37.6 Å². The SMILES string of the molecule is CC(C)(C)NCCCNC(=O)c1ccc(Cl)c(S(=O)(=O)N2CCOCC2)c1. The number of benzene rings is 1. The van der Waals surface area contributed by atoms with E-state index in [0.29, 0.717) is 19.8 Å². The number of halogens is 1. The van der Waals surface area contributed by atoms with Crippen molar-refractivity contribution >= 4 is 27.5 Å². The van der Waals surface area contributed by atoms with Crippen molar-refractivity contribution < 1.29 is 17.9 Å². The van der Waals surface area contributed by atoms with Crippen molar-refractivity contribution in [1.29, 1.82) is 0 Å². The molecule has 2 rings (SSSR count). The molecule has 0 aromatic heterocycles. The highest BCUT2D eigenvalue weighted by Gasteiger charge is 2.29. The molecule has 1 aliphatic heterocycles. The summed E-state index contributed by atoms with van der Waals surface area (Å²) in [7, 11) is -3.76. The molecule has 0 aliphatic carbocycles. The van der Waals surface area contributed by atoms with Crippen LogP contribution in [-0.2, 0) is 14.8 Å². The van der Waals surface area contributed by atoms with Gasteiger partial charge in [0.05, 0.1) is 18.2 Å². The summed E-state index contributed by atoms with van der Waals surface area (Å²) in [5.41, 5.74) is 0.304. The Morgan fingerprint density at radius 2 is 1.89 bits per heavy atom. The molecule has 1 fully saturated rings. The first-order valence-corrected chi connectivity index (χ1v) is 10.8. The number of nitrogens with zero attached hydrogens (tertiary/aromatic N) is 1. The van der Waals surface area contributed by atoms with Crippen molar-refractivity contribution in [2.75, 3.05) is 39.4 Å². The van der Waals surface area contributed by atoms with E-state index in [2.05, 4.69) is 31.4 Å². The second kappa shape index (κ2) is 9.34. The standard InChI is InChI=1S/C18H28ClN3O4S/c1-18(2,3)21-8-4-7-20-17(23)14-5-6-15(19)16(13-14)27(24,25)22-9-11-26-12-10-22/h5-6,13,21H,4,7-12H2,1-3H3,(H,20,23). The van der Waals surface area contributed by atoms with Gasteiger partial charge < -0.3 is 15.4 Å². The van der Waals surface area contributed by atoms with Crippen LogP contribution in [0.25, 0.3) is 0 Å². The molecule has 0 radical (unpaired) electrons. The van der Waals surface area contributed by atoms with Gasteiger partial charge in [-0.25, -0.2) is 8.42 Å². The number of hydrogen-bond acceptors (Lipinski definition) is 5. The zero-order valence-electron chi connectivity index (χ0n) is 16.0. The van der Waals surface area contributed by atoms with Crippen LogP contribution in [0.4, 0.5) is 0 Å². The first-order chi connectivity index (χ1) is 12.6. The summed E-state index contributed by atoms with van der Waals surface area (Å²) in [5.74, 6) is -0.319. The third-order valence-corrected chi connectivity index (χ3v) is 6.46. The van der Waals surface area contributed by atoms with Gasteiger partial charge in [-0.3, -0.25) is 4.79 Å². The molecule has 0 saturated carbocycles. The lowest BCUT2D eigenvalue weighted by Crippen LogP contribution is -2.40. The predicted molar refractivity (Wildman–Crippen MR) is 106 cm³/mol. The predicted octanol–water partition coefficient (Wildman–Crippen LogP) is 1.87. The first-order valence-electron chi connectivity index (χ1n) is 9.02. The highest BCUT2D eigenvalue weighted by molar-refractivity contribution is 7.89. The fourth-order valence-electron chi connectivity index (χ4n) is 2.62. The van der Waals surface area contributed by atoms with Crippen LogP contribution in [0, 0.1) is 0 Å². The number of nitrogens with one attached hydrogen (secondary N) is 2. The smallest absolute Gasteiger partial charge is 0.251 e. The second-order valence-corrected chi connectivity index (χ2v) is 9.76. The van der Waals surface area contributed by atoms with E-state index in [9.17, 15) is 13.2 Å². The Balaban J connectivity index is 2.02. The quantitative estimate of drug-likeness (QED) is 0.661. The van der Waals surface area contributed by atoms with Crippen LogP contribution in [-0.4, -0.2) is 63.6 Å². The van der Waals surface area contributed by atoms with Crippen molar-refractivity contribution in [3.63, 3.8) is 0 Å². The molecule has 1 saturated heterocycles. The maximum atomic E-state index is 12.8. The van der Waals surface area contributed by atoms with Gasteiger partial charge in [0.25, 0.3) is 5.91 Å². The summed E-state index contributed by atoms with van der Waals surface area (Å²) in [6.45, 7) is 8.75. The summed E-state index contributed by atoms with van der Waals surface area (Å²) >= 11 is 6.12.